The van der Waals surface area contributed by atoms with E-state index < -0.39 is 16.0 Å². The second-order valence-electron chi connectivity index (χ2n) is 6.85. The van der Waals surface area contributed by atoms with E-state index in [1.165, 1.54) is 17.5 Å². The third-order valence-corrected chi connectivity index (χ3v) is 6.81. The quantitative estimate of drug-likeness (QED) is 0.503. The summed E-state index contributed by atoms with van der Waals surface area (Å²) in [7, 11) is -2.63. The molecule has 3 aromatic rings. The SMILES string of the molecule is CCN(c1ccc(Oc2ccncc2)cc1)S(=O)(=O)c1cc(C)c(C)c(C(=O)OC)c1. The molecule has 7 nitrogen and oxygen atoms in total. The molecule has 0 aliphatic heterocycles. The fourth-order valence-electron chi connectivity index (χ4n) is 3.14. The number of carbonyl (C=O) groups is 1. The van der Waals surface area contributed by atoms with Crippen LogP contribution in [0.5, 0.6) is 11.5 Å². The van der Waals surface area contributed by atoms with E-state index in [9.17, 15) is 13.2 Å². The topological polar surface area (TPSA) is 85.8 Å². The highest BCUT2D eigenvalue weighted by atomic mass is 32.2. The van der Waals surface area contributed by atoms with E-state index in [0.29, 0.717) is 28.3 Å². The lowest BCUT2D eigenvalue weighted by molar-refractivity contribution is 0.0599. The molecule has 8 heteroatoms. The van der Waals surface area contributed by atoms with E-state index >= 15 is 0 Å². The largest absolute Gasteiger partial charge is 0.465 e. The first-order chi connectivity index (χ1) is 14.8. The molecular weight excluding hydrogens is 416 g/mol. The van der Waals surface area contributed by atoms with Crippen molar-refractivity contribution in [2.75, 3.05) is 18.0 Å². The Bertz CT molecular complexity index is 1180. The number of pyridine rings is 1. The number of hydrogen-bond donors (Lipinski definition) is 0. The summed E-state index contributed by atoms with van der Waals surface area (Å²) in [6.07, 6.45) is 3.25. The monoisotopic (exact) mass is 440 g/mol. The average molecular weight is 441 g/mol. The van der Waals surface area contributed by atoms with Crippen molar-refractivity contribution >= 4 is 21.7 Å². The maximum Gasteiger partial charge on any atom is 0.338 e. The molecule has 0 radical (unpaired) electrons. The fraction of sp³-hybridized carbons (Fsp3) is 0.217. The molecule has 0 N–H and O–H groups in total. The first-order valence-corrected chi connectivity index (χ1v) is 11.1. The number of hydrogen-bond acceptors (Lipinski definition) is 6. The fourth-order valence-corrected chi connectivity index (χ4v) is 4.72. The van der Waals surface area contributed by atoms with Crippen LogP contribution in [0.2, 0.25) is 0 Å². The molecule has 31 heavy (non-hydrogen) atoms. The van der Waals surface area contributed by atoms with Gasteiger partial charge in [-0.1, -0.05) is 0 Å². The standard InChI is InChI=1S/C23H24N2O5S/c1-5-25(18-6-8-19(9-7-18)30-20-10-12-24-13-11-20)31(27,28)21-14-16(2)17(3)22(15-21)23(26)29-4/h6-15H,5H2,1-4H3. The van der Waals surface area contributed by atoms with Crippen molar-refractivity contribution in [3.63, 3.8) is 0 Å². The summed E-state index contributed by atoms with van der Waals surface area (Å²) in [6.45, 7) is 5.49. The first kappa shape index (κ1) is 22.3. The van der Waals surface area contributed by atoms with Gasteiger partial charge in [-0.25, -0.2) is 13.2 Å². The normalized spacial score (nSPS) is 11.1. The maximum atomic E-state index is 13.4. The predicted molar refractivity (Wildman–Crippen MR) is 118 cm³/mol. The highest BCUT2D eigenvalue weighted by molar-refractivity contribution is 7.92. The number of aromatic nitrogens is 1. The Hall–Kier alpha value is -3.39. The van der Waals surface area contributed by atoms with Gasteiger partial charge in [0, 0.05) is 18.9 Å². The third-order valence-electron chi connectivity index (χ3n) is 4.93. The van der Waals surface area contributed by atoms with Crippen molar-refractivity contribution in [1.82, 2.24) is 4.98 Å². The Morgan fingerprint density at radius 2 is 1.61 bits per heavy atom. The Morgan fingerprint density at radius 1 is 1.00 bits per heavy atom. The van der Waals surface area contributed by atoms with Crippen molar-refractivity contribution < 1.29 is 22.7 Å². The smallest absolute Gasteiger partial charge is 0.338 e. The highest BCUT2D eigenvalue weighted by Crippen LogP contribution is 2.29. The van der Waals surface area contributed by atoms with E-state index in [4.69, 9.17) is 9.47 Å². The van der Waals surface area contributed by atoms with Gasteiger partial charge in [0.1, 0.15) is 11.5 Å². The van der Waals surface area contributed by atoms with Crippen LogP contribution in [0.4, 0.5) is 5.69 Å². The van der Waals surface area contributed by atoms with E-state index in [1.54, 1.807) is 75.6 Å². The molecule has 0 spiro atoms. The van der Waals surface area contributed by atoms with Crippen molar-refractivity contribution in [3.8, 4) is 11.5 Å². The van der Waals surface area contributed by atoms with Gasteiger partial charge in [-0.2, -0.15) is 0 Å². The van der Waals surface area contributed by atoms with E-state index in [2.05, 4.69) is 4.98 Å². The predicted octanol–water partition coefficient (Wildman–Crippen LogP) is 4.49. The number of nitrogens with zero attached hydrogens (tertiary/aromatic N) is 2. The Labute approximate surface area is 182 Å². The minimum absolute atomic E-state index is 0.0370. The van der Waals surface area contributed by atoms with Crippen LogP contribution in [0.25, 0.3) is 0 Å². The summed E-state index contributed by atoms with van der Waals surface area (Å²) >= 11 is 0. The Balaban J connectivity index is 1.94. The summed E-state index contributed by atoms with van der Waals surface area (Å²) in [4.78, 5) is 16.1. The Morgan fingerprint density at radius 3 is 2.19 bits per heavy atom. The summed E-state index contributed by atoms with van der Waals surface area (Å²) < 4.78 is 38.6. The summed E-state index contributed by atoms with van der Waals surface area (Å²) in [5.74, 6) is 0.633. The highest BCUT2D eigenvalue weighted by Gasteiger charge is 2.26. The molecule has 2 aromatic carbocycles. The second kappa shape index (κ2) is 9.18. The van der Waals surface area contributed by atoms with Crippen LogP contribution in [-0.4, -0.2) is 33.0 Å². The number of rotatable bonds is 7. The van der Waals surface area contributed by atoms with E-state index in [0.717, 1.165) is 0 Å². The molecule has 0 fully saturated rings. The number of ether oxygens (including phenoxy) is 2. The molecule has 0 saturated carbocycles. The maximum absolute atomic E-state index is 13.4. The number of aryl methyl sites for hydroxylation is 1. The molecule has 0 saturated heterocycles. The van der Waals surface area contributed by atoms with Gasteiger partial charge in [0.25, 0.3) is 10.0 Å². The van der Waals surface area contributed by atoms with Gasteiger partial charge >= 0.3 is 5.97 Å². The lowest BCUT2D eigenvalue weighted by Crippen LogP contribution is -2.31. The number of carbonyl (C=O) groups excluding carboxylic acids is 1. The van der Waals surface area contributed by atoms with Crippen molar-refractivity contribution in [1.29, 1.82) is 0 Å². The van der Waals surface area contributed by atoms with Gasteiger partial charge in [0.2, 0.25) is 0 Å². The van der Waals surface area contributed by atoms with Crippen LogP contribution >= 0.6 is 0 Å². The van der Waals surface area contributed by atoms with E-state index in [-0.39, 0.29) is 17.0 Å². The third kappa shape index (κ3) is 4.69. The van der Waals surface area contributed by atoms with Crippen LogP contribution in [0.1, 0.15) is 28.4 Å². The average Bonchev–Trinajstić information content (AvgIpc) is 2.77. The molecule has 0 bridgehead atoms. The van der Waals surface area contributed by atoms with Crippen molar-refractivity contribution in [2.45, 2.75) is 25.7 Å². The van der Waals surface area contributed by atoms with Gasteiger partial charge in [0.15, 0.2) is 0 Å². The van der Waals surface area contributed by atoms with Gasteiger partial charge in [-0.05, 0) is 80.4 Å². The van der Waals surface area contributed by atoms with E-state index in [1.807, 2.05) is 0 Å². The minimum atomic E-state index is -3.90. The zero-order chi connectivity index (χ0) is 22.6. The summed E-state index contributed by atoms with van der Waals surface area (Å²) in [5, 5.41) is 0. The molecule has 0 aliphatic carbocycles. The van der Waals surface area contributed by atoms with Gasteiger partial charge in [0.05, 0.1) is 23.3 Å². The van der Waals surface area contributed by atoms with Crippen LogP contribution in [0.3, 0.4) is 0 Å². The molecule has 0 aliphatic rings. The van der Waals surface area contributed by atoms with Crippen molar-refractivity contribution in [2.24, 2.45) is 0 Å². The zero-order valence-electron chi connectivity index (χ0n) is 17.8. The second-order valence-corrected chi connectivity index (χ2v) is 8.72. The van der Waals surface area contributed by atoms with Crippen LogP contribution in [0.15, 0.2) is 65.8 Å². The Kier molecular flexibility index (Phi) is 6.60. The van der Waals surface area contributed by atoms with Gasteiger partial charge in [-0.15, -0.1) is 0 Å². The van der Waals surface area contributed by atoms with Crippen molar-refractivity contribution in [3.05, 3.63) is 77.6 Å². The number of esters is 1. The summed E-state index contributed by atoms with van der Waals surface area (Å²) in [6, 6.07) is 13.2. The van der Waals surface area contributed by atoms with Crippen LogP contribution in [0, 0.1) is 13.8 Å². The number of methoxy groups -OCH3 is 1. The van der Waals surface area contributed by atoms with Gasteiger partial charge < -0.3 is 9.47 Å². The molecule has 1 aromatic heterocycles. The summed E-state index contributed by atoms with van der Waals surface area (Å²) in [5.41, 5.74) is 2.10. The molecular formula is C23H24N2O5S. The van der Waals surface area contributed by atoms with Crippen LogP contribution < -0.4 is 9.04 Å². The molecule has 0 amide bonds. The molecule has 162 valence electrons. The number of anilines is 1. The van der Waals surface area contributed by atoms with Gasteiger partial charge in [-0.3, -0.25) is 9.29 Å². The lowest BCUT2D eigenvalue weighted by Gasteiger charge is -2.24. The lowest BCUT2D eigenvalue weighted by atomic mass is 10.0. The zero-order valence-corrected chi connectivity index (χ0v) is 18.6. The molecule has 1 heterocycles. The first-order valence-electron chi connectivity index (χ1n) is 9.68. The molecule has 0 unspecified atom stereocenters. The molecule has 3 rings (SSSR count). The minimum Gasteiger partial charge on any atom is -0.465 e. The molecule has 0 atom stereocenters. The number of benzene rings is 2. The number of sulfonamides is 1. The van der Waals surface area contributed by atoms with Crippen LogP contribution in [-0.2, 0) is 14.8 Å².